The maximum Gasteiger partial charge on any atom is 0.243 e. The van der Waals surface area contributed by atoms with Crippen molar-refractivity contribution in [2.24, 2.45) is 5.41 Å². The van der Waals surface area contributed by atoms with Gasteiger partial charge >= 0.3 is 0 Å². The quantitative estimate of drug-likeness (QED) is 0.867. The highest BCUT2D eigenvalue weighted by atomic mass is 32.2. The third-order valence-electron chi connectivity index (χ3n) is 3.91. The van der Waals surface area contributed by atoms with Crippen molar-refractivity contribution in [3.63, 3.8) is 0 Å². The highest BCUT2D eigenvalue weighted by Gasteiger charge is 2.26. The Balaban J connectivity index is 1.94. The molecule has 1 aliphatic rings. The number of hydrogen-bond donors (Lipinski definition) is 1. The molecule has 0 aromatic heterocycles. The molecule has 0 saturated carbocycles. The molecule has 1 heterocycles. The second-order valence-electron chi connectivity index (χ2n) is 6.92. The first-order valence-electron chi connectivity index (χ1n) is 8.16. The van der Waals surface area contributed by atoms with E-state index in [4.69, 9.17) is 4.74 Å². The predicted molar refractivity (Wildman–Crippen MR) is 92.2 cm³/mol. The normalized spacial score (nSPS) is 16.8. The van der Waals surface area contributed by atoms with Crippen molar-refractivity contribution in [2.45, 2.75) is 32.1 Å². The van der Waals surface area contributed by atoms with Crippen LogP contribution in [0, 0.1) is 5.41 Å². The number of nitrogens with zero attached hydrogens (tertiary/aromatic N) is 1. The monoisotopic (exact) mass is 354 g/mol. The van der Waals surface area contributed by atoms with E-state index < -0.39 is 15.4 Å². The van der Waals surface area contributed by atoms with E-state index in [2.05, 4.69) is 5.32 Å². The van der Waals surface area contributed by atoms with Crippen LogP contribution in [-0.4, -0.2) is 51.5 Å². The van der Waals surface area contributed by atoms with Gasteiger partial charge in [-0.2, -0.15) is 4.31 Å². The molecule has 0 aliphatic carbocycles. The molecule has 2 rings (SSSR count). The number of rotatable bonds is 5. The number of sulfonamides is 1. The fraction of sp³-hybridized carbons (Fsp3) is 0.588. The number of nitrogens with one attached hydrogen (secondary N) is 1. The summed E-state index contributed by atoms with van der Waals surface area (Å²) in [5.74, 6) is 0.00835. The van der Waals surface area contributed by atoms with Crippen LogP contribution in [0.15, 0.2) is 29.2 Å². The van der Waals surface area contributed by atoms with Gasteiger partial charge in [-0.3, -0.25) is 4.79 Å². The second-order valence-corrected chi connectivity index (χ2v) is 8.85. The number of carbonyl (C=O) groups excluding carboxylic acids is 1. The maximum atomic E-state index is 12.5. The van der Waals surface area contributed by atoms with Gasteiger partial charge in [0.1, 0.15) is 0 Å². The molecule has 1 aromatic rings. The number of ether oxygens (including phenoxy) is 1. The van der Waals surface area contributed by atoms with Crippen molar-refractivity contribution in [3.8, 4) is 0 Å². The average Bonchev–Trinajstić information content (AvgIpc) is 2.55. The SMILES string of the molecule is CC(C)(C)C(=O)NCCc1ccc(S(=O)(=O)N2CCOCC2)cc1. The van der Waals surface area contributed by atoms with E-state index in [-0.39, 0.29) is 5.91 Å². The van der Waals surface area contributed by atoms with Crippen LogP contribution in [0.5, 0.6) is 0 Å². The van der Waals surface area contributed by atoms with Gasteiger partial charge in [-0.15, -0.1) is 0 Å². The third kappa shape index (κ3) is 4.78. The van der Waals surface area contributed by atoms with E-state index in [9.17, 15) is 13.2 Å². The van der Waals surface area contributed by atoms with Crippen molar-refractivity contribution in [3.05, 3.63) is 29.8 Å². The van der Waals surface area contributed by atoms with Crippen LogP contribution in [0.3, 0.4) is 0 Å². The van der Waals surface area contributed by atoms with E-state index in [0.717, 1.165) is 5.56 Å². The van der Waals surface area contributed by atoms with Gasteiger partial charge in [0.25, 0.3) is 0 Å². The molecular formula is C17H26N2O4S. The van der Waals surface area contributed by atoms with E-state index in [0.29, 0.717) is 44.2 Å². The van der Waals surface area contributed by atoms with Crippen molar-refractivity contribution < 1.29 is 17.9 Å². The van der Waals surface area contributed by atoms with Crippen LogP contribution in [0.25, 0.3) is 0 Å². The van der Waals surface area contributed by atoms with Crippen molar-refractivity contribution in [1.29, 1.82) is 0 Å². The van der Waals surface area contributed by atoms with Gasteiger partial charge in [-0.05, 0) is 24.1 Å². The maximum absolute atomic E-state index is 12.5. The summed E-state index contributed by atoms with van der Waals surface area (Å²) in [5, 5.41) is 2.89. The molecule has 0 spiro atoms. The summed E-state index contributed by atoms with van der Waals surface area (Å²) in [4.78, 5) is 12.1. The summed E-state index contributed by atoms with van der Waals surface area (Å²) in [7, 11) is -3.45. The average molecular weight is 354 g/mol. The Kier molecular flexibility index (Phi) is 6.01. The molecule has 0 radical (unpaired) electrons. The lowest BCUT2D eigenvalue weighted by molar-refractivity contribution is -0.128. The van der Waals surface area contributed by atoms with Gasteiger partial charge in [0.2, 0.25) is 15.9 Å². The lowest BCUT2D eigenvalue weighted by Crippen LogP contribution is -2.40. The summed E-state index contributed by atoms with van der Waals surface area (Å²) < 4.78 is 31.7. The number of carbonyl (C=O) groups is 1. The summed E-state index contributed by atoms with van der Waals surface area (Å²) in [6.07, 6.45) is 0.666. The molecule has 0 bridgehead atoms. The Morgan fingerprint density at radius 2 is 1.75 bits per heavy atom. The largest absolute Gasteiger partial charge is 0.379 e. The van der Waals surface area contributed by atoms with Crippen LogP contribution >= 0.6 is 0 Å². The highest BCUT2D eigenvalue weighted by molar-refractivity contribution is 7.89. The molecule has 1 aliphatic heterocycles. The number of hydrogen-bond acceptors (Lipinski definition) is 4. The van der Waals surface area contributed by atoms with Gasteiger partial charge in [0.05, 0.1) is 18.1 Å². The van der Waals surface area contributed by atoms with Gasteiger partial charge in [0.15, 0.2) is 0 Å². The van der Waals surface area contributed by atoms with E-state index in [1.54, 1.807) is 24.3 Å². The predicted octanol–water partition coefficient (Wildman–Crippen LogP) is 1.41. The molecule has 7 heteroatoms. The molecule has 134 valence electrons. The summed E-state index contributed by atoms with van der Waals surface area (Å²) in [6.45, 7) is 7.79. The summed E-state index contributed by atoms with van der Waals surface area (Å²) >= 11 is 0. The first kappa shape index (κ1) is 18.9. The van der Waals surface area contributed by atoms with E-state index >= 15 is 0 Å². The molecule has 0 unspecified atom stereocenters. The second kappa shape index (κ2) is 7.63. The highest BCUT2D eigenvalue weighted by Crippen LogP contribution is 2.18. The first-order chi connectivity index (χ1) is 11.2. The number of morpholine rings is 1. The Hall–Kier alpha value is -1.44. The zero-order chi connectivity index (χ0) is 17.8. The lowest BCUT2D eigenvalue weighted by Gasteiger charge is -2.26. The molecule has 0 atom stereocenters. The van der Waals surface area contributed by atoms with Crippen molar-refractivity contribution >= 4 is 15.9 Å². The van der Waals surface area contributed by atoms with Gasteiger partial charge in [0, 0.05) is 25.0 Å². The Morgan fingerprint density at radius 3 is 2.29 bits per heavy atom. The molecule has 1 amide bonds. The van der Waals surface area contributed by atoms with Crippen LogP contribution in [-0.2, 0) is 26.0 Å². The summed E-state index contributed by atoms with van der Waals surface area (Å²) in [5.41, 5.74) is 0.584. The minimum atomic E-state index is -3.45. The van der Waals surface area contributed by atoms with Crippen molar-refractivity contribution in [1.82, 2.24) is 9.62 Å². The van der Waals surface area contributed by atoms with Crippen molar-refractivity contribution in [2.75, 3.05) is 32.8 Å². The molecule has 1 fully saturated rings. The zero-order valence-electron chi connectivity index (χ0n) is 14.5. The van der Waals surface area contributed by atoms with Crippen LogP contribution in [0.2, 0.25) is 0 Å². The number of amides is 1. The van der Waals surface area contributed by atoms with Crippen LogP contribution in [0.1, 0.15) is 26.3 Å². The van der Waals surface area contributed by atoms with E-state index in [1.165, 1.54) is 4.31 Å². The number of benzene rings is 1. The zero-order valence-corrected chi connectivity index (χ0v) is 15.4. The lowest BCUT2D eigenvalue weighted by atomic mass is 9.95. The van der Waals surface area contributed by atoms with Crippen LogP contribution < -0.4 is 5.32 Å². The van der Waals surface area contributed by atoms with Gasteiger partial charge in [-0.25, -0.2) is 8.42 Å². The fourth-order valence-corrected chi connectivity index (χ4v) is 3.76. The fourth-order valence-electron chi connectivity index (χ4n) is 2.35. The van der Waals surface area contributed by atoms with Gasteiger partial charge in [-0.1, -0.05) is 32.9 Å². The molecule has 1 aromatic carbocycles. The Bertz CT molecular complexity index is 657. The Morgan fingerprint density at radius 1 is 1.17 bits per heavy atom. The minimum Gasteiger partial charge on any atom is -0.379 e. The smallest absolute Gasteiger partial charge is 0.243 e. The summed E-state index contributed by atoms with van der Waals surface area (Å²) in [6, 6.07) is 6.87. The molecule has 24 heavy (non-hydrogen) atoms. The molecule has 1 N–H and O–H groups in total. The minimum absolute atomic E-state index is 0.00835. The molecular weight excluding hydrogens is 328 g/mol. The topological polar surface area (TPSA) is 75.7 Å². The first-order valence-corrected chi connectivity index (χ1v) is 9.60. The molecule has 1 saturated heterocycles. The third-order valence-corrected chi connectivity index (χ3v) is 5.82. The van der Waals surface area contributed by atoms with E-state index in [1.807, 2.05) is 20.8 Å². The standard InChI is InChI=1S/C17H26N2O4S/c1-17(2,3)16(20)18-9-8-14-4-6-15(7-5-14)24(21,22)19-10-12-23-13-11-19/h4-7H,8-13H2,1-3H3,(H,18,20). The molecule has 6 nitrogen and oxygen atoms in total. The Labute approximate surface area is 144 Å². The van der Waals surface area contributed by atoms with Gasteiger partial charge < -0.3 is 10.1 Å². The van der Waals surface area contributed by atoms with Crippen LogP contribution in [0.4, 0.5) is 0 Å².